The van der Waals surface area contributed by atoms with E-state index in [4.69, 9.17) is 0 Å². The smallest absolute Gasteiger partial charge is 0.251 e. The van der Waals surface area contributed by atoms with E-state index in [2.05, 4.69) is 10.6 Å². The highest BCUT2D eigenvalue weighted by molar-refractivity contribution is 5.94. The molecule has 2 aromatic carbocycles. The van der Waals surface area contributed by atoms with Gasteiger partial charge in [-0.2, -0.15) is 0 Å². The van der Waals surface area contributed by atoms with E-state index in [1.165, 1.54) is 6.07 Å². The minimum Gasteiger partial charge on any atom is -0.352 e. The van der Waals surface area contributed by atoms with Crippen LogP contribution in [0, 0.1) is 11.6 Å². The molecule has 0 saturated heterocycles. The van der Waals surface area contributed by atoms with Crippen LogP contribution in [-0.2, 0) is 6.54 Å². The molecule has 122 valence electrons. The van der Waals surface area contributed by atoms with Gasteiger partial charge in [-0.1, -0.05) is 12.1 Å². The van der Waals surface area contributed by atoms with Crippen molar-refractivity contribution < 1.29 is 13.6 Å². The Hall–Kier alpha value is -2.27. The molecule has 1 amide bonds. The zero-order valence-electron chi connectivity index (χ0n) is 13.2. The summed E-state index contributed by atoms with van der Waals surface area (Å²) in [6, 6.07) is 10.3. The van der Waals surface area contributed by atoms with Crippen molar-refractivity contribution in [1.29, 1.82) is 0 Å². The topological polar surface area (TPSA) is 41.1 Å². The zero-order chi connectivity index (χ0) is 16.8. The number of hydrogen-bond acceptors (Lipinski definition) is 2. The third-order valence-electron chi connectivity index (χ3n) is 3.59. The second kappa shape index (κ2) is 7.83. The van der Waals surface area contributed by atoms with E-state index in [0.717, 1.165) is 17.7 Å². The zero-order valence-corrected chi connectivity index (χ0v) is 13.2. The molecule has 3 nitrogen and oxygen atoms in total. The van der Waals surface area contributed by atoms with Crippen LogP contribution in [0.1, 0.15) is 41.4 Å². The van der Waals surface area contributed by atoms with Gasteiger partial charge in [0.05, 0.1) is 0 Å². The average molecular weight is 318 g/mol. The van der Waals surface area contributed by atoms with Gasteiger partial charge >= 0.3 is 0 Å². The van der Waals surface area contributed by atoms with Crippen molar-refractivity contribution in [2.45, 2.75) is 26.4 Å². The number of carbonyl (C=O) groups excluding carboxylic acids is 1. The molecule has 0 aliphatic carbocycles. The Labute approximate surface area is 134 Å². The Morgan fingerprint density at radius 1 is 1.13 bits per heavy atom. The van der Waals surface area contributed by atoms with Crippen molar-refractivity contribution >= 4 is 5.91 Å². The molecule has 2 N–H and O–H groups in total. The second-order valence-electron chi connectivity index (χ2n) is 5.32. The van der Waals surface area contributed by atoms with Crippen molar-refractivity contribution in [1.82, 2.24) is 10.6 Å². The van der Waals surface area contributed by atoms with Gasteiger partial charge in [0.2, 0.25) is 0 Å². The highest BCUT2D eigenvalue weighted by Gasteiger charge is 2.11. The minimum absolute atomic E-state index is 0.109. The number of halogens is 2. The van der Waals surface area contributed by atoms with Crippen LogP contribution in [0.3, 0.4) is 0 Å². The lowest BCUT2D eigenvalue weighted by Crippen LogP contribution is -2.22. The molecule has 0 spiro atoms. The Balaban J connectivity index is 1.97. The number of rotatable bonds is 6. The van der Waals surface area contributed by atoms with E-state index in [1.807, 2.05) is 19.1 Å². The van der Waals surface area contributed by atoms with E-state index in [9.17, 15) is 13.6 Å². The maximum absolute atomic E-state index is 13.7. The van der Waals surface area contributed by atoms with Gasteiger partial charge in [0.1, 0.15) is 11.6 Å². The summed E-state index contributed by atoms with van der Waals surface area (Å²) < 4.78 is 26.9. The molecule has 0 aromatic heterocycles. The average Bonchev–Trinajstić information content (AvgIpc) is 2.55. The quantitative estimate of drug-likeness (QED) is 0.855. The second-order valence-corrected chi connectivity index (χ2v) is 5.32. The molecule has 2 aromatic rings. The van der Waals surface area contributed by atoms with E-state index in [0.29, 0.717) is 24.2 Å². The number of hydrogen-bond donors (Lipinski definition) is 2. The van der Waals surface area contributed by atoms with Gasteiger partial charge in [0, 0.05) is 30.3 Å². The van der Waals surface area contributed by atoms with Crippen molar-refractivity contribution in [3.63, 3.8) is 0 Å². The molecule has 0 aliphatic heterocycles. The summed E-state index contributed by atoms with van der Waals surface area (Å²) in [5, 5.41) is 5.88. The number of nitrogens with one attached hydrogen (secondary N) is 2. The Morgan fingerprint density at radius 3 is 2.48 bits per heavy atom. The molecule has 0 radical (unpaired) electrons. The summed E-state index contributed by atoms with van der Waals surface area (Å²) in [5.74, 6) is -0.999. The molecule has 1 atom stereocenters. The van der Waals surface area contributed by atoms with E-state index in [1.54, 1.807) is 19.1 Å². The van der Waals surface area contributed by atoms with Gasteiger partial charge in [-0.3, -0.25) is 4.79 Å². The van der Waals surface area contributed by atoms with Crippen LogP contribution in [0.5, 0.6) is 0 Å². The molecule has 0 fully saturated rings. The van der Waals surface area contributed by atoms with E-state index < -0.39 is 11.6 Å². The first-order valence-electron chi connectivity index (χ1n) is 7.56. The lowest BCUT2D eigenvalue weighted by Gasteiger charge is -2.15. The molecular formula is C18H20F2N2O. The lowest BCUT2D eigenvalue weighted by molar-refractivity contribution is 0.0956. The number of benzene rings is 2. The number of carbonyl (C=O) groups is 1. The Kier molecular flexibility index (Phi) is 5.82. The van der Waals surface area contributed by atoms with Crippen LogP contribution < -0.4 is 10.6 Å². The van der Waals surface area contributed by atoms with Crippen LogP contribution in [0.4, 0.5) is 8.78 Å². The number of amides is 1. The van der Waals surface area contributed by atoms with Crippen LogP contribution in [0.2, 0.25) is 0 Å². The first-order chi connectivity index (χ1) is 11.0. The SMILES string of the molecule is CCNC(=O)c1ccc(CNC(C)c2cc(F)ccc2F)cc1. The Bertz CT molecular complexity index is 671. The summed E-state index contributed by atoms with van der Waals surface area (Å²) in [6.07, 6.45) is 0. The van der Waals surface area contributed by atoms with Gasteiger partial charge < -0.3 is 10.6 Å². The summed E-state index contributed by atoms with van der Waals surface area (Å²) >= 11 is 0. The third kappa shape index (κ3) is 4.60. The summed E-state index contributed by atoms with van der Waals surface area (Å²) in [7, 11) is 0. The highest BCUT2D eigenvalue weighted by Crippen LogP contribution is 2.18. The monoisotopic (exact) mass is 318 g/mol. The molecule has 0 heterocycles. The molecule has 0 saturated carbocycles. The van der Waals surface area contributed by atoms with Gasteiger partial charge in [-0.05, 0) is 49.7 Å². The van der Waals surface area contributed by atoms with Crippen LogP contribution >= 0.6 is 0 Å². The fourth-order valence-corrected chi connectivity index (χ4v) is 2.26. The van der Waals surface area contributed by atoms with Crippen molar-refractivity contribution in [2.75, 3.05) is 6.54 Å². The molecule has 0 bridgehead atoms. The van der Waals surface area contributed by atoms with Gasteiger partial charge in [0.15, 0.2) is 0 Å². The minimum atomic E-state index is -0.457. The largest absolute Gasteiger partial charge is 0.352 e. The van der Waals surface area contributed by atoms with Crippen LogP contribution in [0.15, 0.2) is 42.5 Å². The molecule has 1 unspecified atom stereocenters. The third-order valence-corrected chi connectivity index (χ3v) is 3.59. The Morgan fingerprint density at radius 2 is 1.83 bits per heavy atom. The predicted molar refractivity (Wildman–Crippen MR) is 86.1 cm³/mol. The molecule has 5 heteroatoms. The first-order valence-corrected chi connectivity index (χ1v) is 7.56. The maximum atomic E-state index is 13.7. The molecule has 23 heavy (non-hydrogen) atoms. The summed E-state index contributed by atoms with van der Waals surface area (Å²) in [6.45, 7) is 4.72. The highest BCUT2D eigenvalue weighted by atomic mass is 19.1. The van der Waals surface area contributed by atoms with E-state index >= 15 is 0 Å². The molecule has 0 aliphatic rings. The van der Waals surface area contributed by atoms with Gasteiger partial charge in [0.25, 0.3) is 5.91 Å². The maximum Gasteiger partial charge on any atom is 0.251 e. The summed E-state index contributed by atoms with van der Waals surface area (Å²) in [5.41, 5.74) is 1.85. The van der Waals surface area contributed by atoms with Crippen molar-refractivity contribution in [3.8, 4) is 0 Å². The summed E-state index contributed by atoms with van der Waals surface area (Å²) in [4.78, 5) is 11.7. The fourth-order valence-electron chi connectivity index (χ4n) is 2.26. The molecule has 2 rings (SSSR count). The normalized spacial score (nSPS) is 12.0. The van der Waals surface area contributed by atoms with Crippen LogP contribution in [-0.4, -0.2) is 12.5 Å². The van der Waals surface area contributed by atoms with E-state index in [-0.39, 0.29) is 11.9 Å². The van der Waals surface area contributed by atoms with Crippen molar-refractivity contribution in [2.24, 2.45) is 0 Å². The predicted octanol–water partition coefficient (Wildman–Crippen LogP) is 3.57. The fraction of sp³-hybridized carbons (Fsp3) is 0.278. The molecular weight excluding hydrogens is 298 g/mol. The van der Waals surface area contributed by atoms with Gasteiger partial charge in [-0.25, -0.2) is 8.78 Å². The van der Waals surface area contributed by atoms with Gasteiger partial charge in [-0.15, -0.1) is 0 Å². The van der Waals surface area contributed by atoms with Crippen LogP contribution in [0.25, 0.3) is 0 Å². The lowest BCUT2D eigenvalue weighted by atomic mass is 10.1. The first kappa shape index (κ1) is 17.1. The standard InChI is InChI=1S/C18H20F2N2O/c1-3-21-18(23)14-6-4-13(5-7-14)11-22-12(2)16-10-15(19)8-9-17(16)20/h4-10,12,22H,3,11H2,1-2H3,(H,21,23). The van der Waals surface area contributed by atoms with Crippen molar-refractivity contribution in [3.05, 3.63) is 70.8 Å².